The van der Waals surface area contributed by atoms with Crippen molar-refractivity contribution in [3.05, 3.63) is 134 Å². The van der Waals surface area contributed by atoms with Gasteiger partial charge in [0.25, 0.3) is 0 Å². The van der Waals surface area contributed by atoms with E-state index in [1.54, 1.807) is 0 Å². The highest BCUT2D eigenvalue weighted by Gasteiger charge is 2.26. The summed E-state index contributed by atoms with van der Waals surface area (Å²) in [5.74, 6) is -0.929. The molecule has 0 amide bonds. The minimum absolute atomic E-state index is 0.0348. The van der Waals surface area contributed by atoms with Crippen LogP contribution in [0.25, 0.3) is 0 Å². The predicted molar refractivity (Wildman–Crippen MR) is 265 cm³/mol. The first kappa shape index (κ1) is 59.1. The quantitative estimate of drug-likeness (QED) is 0.0266. The van der Waals surface area contributed by atoms with Crippen molar-refractivity contribution < 1.29 is 37.6 Å². The maximum absolute atomic E-state index is 12.6. The normalized spacial score (nSPS) is 14.4. The molecule has 0 heterocycles. The highest BCUT2D eigenvalue weighted by Crippen LogP contribution is 2.43. The number of carbonyl (C=O) groups is 2. The first-order valence-corrected chi connectivity index (χ1v) is 25.2. The lowest BCUT2D eigenvalue weighted by atomic mass is 10.1. The number of esters is 2. The molecular formula is C53H84NO8P. The molecule has 2 unspecified atom stereocenters. The molecule has 0 aromatic carbocycles. The molecule has 0 rings (SSSR count). The summed E-state index contributed by atoms with van der Waals surface area (Å²) < 4.78 is 32.8. The minimum atomic E-state index is -4.41. The second kappa shape index (κ2) is 47.6. The summed E-state index contributed by atoms with van der Waals surface area (Å²) in [5.41, 5.74) is 5.35. The van der Waals surface area contributed by atoms with E-state index >= 15 is 0 Å². The lowest BCUT2D eigenvalue weighted by molar-refractivity contribution is -0.161. The third-order valence-corrected chi connectivity index (χ3v) is 10.0. The summed E-state index contributed by atoms with van der Waals surface area (Å²) in [5, 5.41) is 0. The van der Waals surface area contributed by atoms with Crippen molar-refractivity contribution in [1.82, 2.24) is 0 Å². The number of ether oxygens (including phenoxy) is 2. The molecule has 10 heteroatoms. The Morgan fingerprint density at radius 2 is 0.841 bits per heavy atom. The minimum Gasteiger partial charge on any atom is -0.462 e. The van der Waals surface area contributed by atoms with Gasteiger partial charge < -0.3 is 20.1 Å². The summed E-state index contributed by atoms with van der Waals surface area (Å²) in [4.78, 5) is 35.0. The van der Waals surface area contributed by atoms with Crippen LogP contribution >= 0.6 is 7.82 Å². The van der Waals surface area contributed by atoms with Gasteiger partial charge in [0.2, 0.25) is 0 Å². The van der Waals surface area contributed by atoms with E-state index in [1.807, 2.05) is 6.08 Å². The van der Waals surface area contributed by atoms with Gasteiger partial charge in [-0.25, -0.2) is 4.57 Å². The zero-order chi connectivity index (χ0) is 46.0. The van der Waals surface area contributed by atoms with Gasteiger partial charge in [-0.2, -0.15) is 0 Å². The molecule has 354 valence electrons. The monoisotopic (exact) mass is 894 g/mol. The van der Waals surface area contributed by atoms with E-state index in [2.05, 4.69) is 141 Å². The topological polar surface area (TPSA) is 134 Å². The van der Waals surface area contributed by atoms with Crippen molar-refractivity contribution in [1.29, 1.82) is 0 Å². The first-order chi connectivity index (χ1) is 30.8. The van der Waals surface area contributed by atoms with E-state index in [-0.39, 0.29) is 32.6 Å². The molecule has 0 fully saturated rings. The zero-order valence-corrected chi connectivity index (χ0v) is 39.9. The van der Waals surface area contributed by atoms with E-state index in [4.69, 9.17) is 24.3 Å². The third-order valence-electron chi connectivity index (χ3n) is 9.03. The van der Waals surface area contributed by atoms with Crippen molar-refractivity contribution in [2.45, 2.75) is 161 Å². The Morgan fingerprint density at radius 3 is 1.27 bits per heavy atom. The zero-order valence-electron chi connectivity index (χ0n) is 39.0. The number of phosphoric acid groups is 1. The molecule has 0 bridgehead atoms. The van der Waals surface area contributed by atoms with Gasteiger partial charge in [0.15, 0.2) is 6.10 Å². The molecule has 2 atom stereocenters. The van der Waals surface area contributed by atoms with Gasteiger partial charge >= 0.3 is 19.8 Å². The number of rotatable bonds is 42. The first-order valence-electron chi connectivity index (χ1n) is 23.7. The van der Waals surface area contributed by atoms with Crippen molar-refractivity contribution >= 4 is 19.8 Å². The van der Waals surface area contributed by atoms with Crippen LogP contribution in [0.2, 0.25) is 0 Å². The maximum atomic E-state index is 12.6. The Balaban J connectivity index is 4.24. The average molecular weight is 894 g/mol. The number of phosphoric ester groups is 1. The molecule has 0 saturated carbocycles. The number of nitrogens with two attached hydrogens (primary N) is 1. The molecule has 0 spiro atoms. The molecule has 0 radical (unpaired) electrons. The molecule has 0 aliphatic rings. The summed E-state index contributed by atoms with van der Waals surface area (Å²) in [6, 6.07) is 0. The Labute approximate surface area is 383 Å². The van der Waals surface area contributed by atoms with Crippen molar-refractivity contribution in [2.24, 2.45) is 5.73 Å². The van der Waals surface area contributed by atoms with Crippen LogP contribution in [0.4, 0.5) is 0 Å². The maximum Gasteiger partial charge on any atom is 0.472 e. The SMILES string of the molecule is CC/C=C\C/C=C\C/C=C\C/C=C\C/C=C\C/C=C\CCCCCCCCC(=O)OC(COC(=O)CCC/C=C\C/C=C\C/C=C\C/C=C\C/C=C\CC)COP(=O)(O)OCCN. The number of hydrogen-bond donors (Lipinski definition) is 2. The van der Waals surface area contributed by atoms with Gasteiger partial charge in [-0.05, 0) is 103 Å². The van der Waals surface area contributed by atoms with Gasteiger partial charge in [-0.1, -0.05) is 173 Å². The predicted octanol–water partition coefficient (Wildman–Crippen LogP) is 14.3. The van der Waals surface area contributed by atoms with Gasteiger partial charge in [0.05, 0.1) is 13.2 Å². The van der Waals surface area contributed by atoms with Crippen LogP contribution in [0.3, 0.4) is 0 Å². The lowest BCUT2D eigenvalue weighted by Crippen LogP contribution is -2.29. The van der Waals surface area contributed by atoms with Crippen LogP contribution < -0.4 is 5.73 Å². The smallest absolute Gasteiger partial charge is 0.462 e. The van der Waals surface area contributed by atoms with Crippen LogP contribution in [0.5, 0.6) is 0 Å². The number of unbranched alkanes of at least 4 members (excludes halogenated alkanes) is 7. The van der Waals surface area contributed by atoms with E-state index in [9.17, 15) is 19.0 Å². The Morgan fingerprint density at radius 1 is 0.476 bits per heavy atom. The highest BCUT2D eigenvalue weighted by atomic mass is 31.2. The largest absolute Gasteiger partial charge is 0.472 e. The fourth-order valence-electron chi connectivity index (χ4n) is 5.61. The highest BCUT2D eigenvalue weighted by molar-refractivity contribution is 7.47. The van der Waals surface area contributed by atoms with Crippen molar-refractivity contribution in [3.8, 4) is 0 Å². The molecule has 9 nitrogen and oxygen atoms in total. The number of hydrogen-bond acceptors (Lipinski definition) is 8. The number of carbonyl (C=O) groups excluding carboxylic acids is 2. The molecule has 0 saturated heterocycles. The summed E-state index contributed by atoms with van der Waals surface area (Å²) in [7, 11) is -4.41. The van der Waals surface area contributed by atoms with E-state index in [0.29, 0.717) is 12.8 Å². The fraction of sp³-hybridized carbons (Fsp3) is 0.547. The van der Waals surface area contributed by atoms with Crippen LogP contribution in [-0.4, -0.2) is 49.3 Å². The van der Waals surface area contributed by atoms with Gasteiger partial charge in [0.1, 0.15) is 6.61 Å². The van der Waals surface area contributed by atoms with Crippen LogP contribution in [-0.2, 0) is 32.7 Å². The van der Waals surface area contributed by atoms with Crippen molar-refractivity contribution in [2.75, 3.05) is 26.4 Å². The third kappa shape index (κ3) is 47.5. The fourth-order valence-corrected chi connectivity index (χ4v) is 6.38. The Kier molecular flexibility index (Phi) is 44.7. The van der Waals surface area contributed by atoms with E-state index in [0.717, 1.165) is 116 Å². The van der Waals surface area contributed by atoms with Gasteiger partial charge in [-0.15, -0.1) is 0 Å². The molecule has 0 aromatic heterocycles. The standard InChI is InChI=1S/C53H84NO8P/c1-3-5-7-9-11-13-15-17-19-21-22-23-24-25-26-27-28-30-32-34-36-38-40-42-44-46-53(56)62-51(50-61-63(57,58)60-48-47-54)49-59-52(55)45-43-41-39-37-35-33-31-29-20-18-16-14-12-10-8-6-4-2/h5-8,11-14,17-20,22-23,25-26,28,30-31,33,37,39,51H,3-4,9-10,15-16,21,24,27,29,32,34-36,38,40-50,54H2,1-2H3,(H,57,58)/b7-5-,8-6-,13-11-,14-12-,19-17-,20-18-,23-22-,26-25-,30-28-,33-31-,39-37-. The molecule has 0 aliphatic heterocycles. The van der Waals surface area contributed by atoms with Gasteiger partial charge in [0, 0.05) is 19.4 Å². The number of allylic oxidation sites excluding steroid dienone is 22. The van der Waals surface area contributed by atoms with E-state index < -0.39 is 32.5 Å². The van der Waals surface area contributed by atoms with Crippen LogP contribution in [0.1, 0.15) is 155 Å². The summed E-state index contributed by atoms with van der Waals surface area (Å²) in [6.07, 6.45) is 66.3. The van der Waals surface area contributed by atoms with Crippen LogP contribution in [0.15, 0.2) is 134 Å². The molecule has 0 aliphatic carbocycles. The van der Waals surface area contributed by atoms with E-state index in [1.165, 1.54) is 0 Å². The summed E-state index contributed by atoms with van der Waals surface area (Å²) >= 11 is 0. The molecule has 3 N–H and O–H groups in total. The molecular weight excluding hydrogens is 810 g/mol. The Hall–Kier alpha value is -3.85. The molecule has 63 heavy (non-hydrogen) atoms. The van der Waals surface area contributed by atoms with Crippen LogP contribution in [0, 0.1) is 0 Å². The Bertz CT molecular complexity index is 1480. The summed E-state index contributed by atoms with van der Waals surface area (Å²) in [6.45, 7) is 3.39. The lowest BCUT2D eigenvalue weighted by Gasteiger charge is -2.19. The second-order valence-electron chi connectivity index (χ2n) is 14.9. The van der Waals surface area contributed by atoms with Gasteiger partial charge in [-0.3, -0.25) is 18.6 Å². The molecule has 0 aromatic rings. The van der Waals surface area contributed by atoms with Crippen molar-refractivity contribution in [3.63, 3.8) is 0 Å². The second-order valence-corrected chi connectivity index (χ2v) is 16.3. The average Bonchev–Trinajstić information content (AvgIpc) is 3.27.